The number of nitrogens with one attached hydrogen (secondary N) is 2. The molecule has 2 N–H and O–H groups in total. The average molecular weight is 666 g/mol. The molecule has 1 heterocycles. The minimum Gasteiger partial charge on any atom is -0.490 e. The summed E-state index contributed by atoms with van der Waals surface area (Å²) < 4.78 is 16.5. The van der Waals surface area contributed by atoms with Crippen molar-refractivity contribution in [2.24, 2.45) is 0 Å². The van der Waals surface area contributed by atoms with Crippen LogP contribution in [-0.2, 0) is 19.1 Å². The largest absolute Gasteiger partial charge is 0.490 e. The second-order valence-corrected chi connectivity index (χ2v) is 11.4. The van der Waals surface area contributed by atoms with E-state index in [4.69, 9.17) is 25.8 Å². The fraction of sp³-hybridized carbons (Fsp3) is 0.242. The molecule has 1 saturated heterocycles. The van der Waals surface area contributed by atoms with E-state index in [1.54, 1.807) is 31.2 Å². The third-order valence-corrected chi connectivity index (χ3v) is 7.55. The summed E-state index contributed by atoms with van der Waals surface area (Å²) in [5.41, 5.74) is 2.53. The molecule has 240 valence electrons. The maximum absolute atomic E-state index is 13.1. The molecule has 0 unspecified atom stereocenters. The van der Waals surface area contributed by atoms with Crippen molar-refractivity contribution < 1.29 is 38.2 Å². The van der Waals surface area contributed by atoms with Gasteiger partial charge in [-0.2, -0.15) is 0 Å². The number of aryl methyl sites for hydroxylation is 1. The Morgan fingerprint density at radius 3 is 2.41 bits per heavy atom. The molecule has 1 aliphatic rings. The van der Waals surface area contributed by atoms with Crippen molar-refractivity contribution in [1.29, 1.82) is 0 Å². The fourth-order valence-electron chi connectivity index (χ4n) is 4.23. The second-order valence-electron chi connectivity index (χ2n) is 9.99. The van der Waals surface area contributed by atoms with Gasteiger partial charge in [0.15, 0.2) is 18.1 Å². The third-order valence-electron chi connectivity index (χ3n) is 6.31. The summed E-state index contributed by atoms with van der Waals surface area (Å²) in [5.74, 6) is -1.59. The summed E-state index contributed by atoms with van der Waals surface area (Å²) in [4.78, 5) is 64.1. The predicted molar refractivity (Wildman–Crippen MR) is 176 cm³/mol. The zero-order valence-electron chi connectivity index (χ0n) is 25.4. The van der Waals surface area contributed by atoms with Crippen LogP contribution in [0, 0.1) is 6.92 Å². The molecule has 0 aromatic heterocycles. The van der Waals surface area contributed by atoms with Crippen LogP contribution in [-0.4, -0.2) is 60.2 Å². The van der Waals surface area contributed by atoms with E-state index in [2.05, 4.69) is 10.6 Å². The van der Waals surface area contributed by atoms with Crippen molar-refractivity contribution in [3.8, 4) is 11.5 Å². The van der Waals surface area contributed by atoms with Crippen molar-refractivity contribution in [3.05, 3.63) is 87.3 Å². The summed E-state index contributed by atoms with van der Waals surface area (Å²) >= 11 is 6.80. The van der Waals surface area contributed by atoms with Gasteiger partial charge < -0.3 is 24.8 Å². The van der Waals surface area contributed by atoms with Crippen LogP contribution in [0.15, 0.2) is 65.6 Å². The number of hydrogen-bond acceptors (Lipinski definition) is 9. The number of amides is 4. The number of ether oxygens (including phenoxy) is 3. The number of esters is 1. The molecule has 3 aromatic rings. The van der Waals surface area contributed by atoms with Crippen LogP contribution in [0.4, 0.5) is 16.2 Å². The Morgan fingerprint density at radius 1 is 0.913 bits per heavy atom. The van der Waals surface area contributed by atoms with E-state index in [-0.39, 0.29) is 40.3 Å². The molecule has 46 heavy (non-hydrogen) atoms. The van der Waals surface area contributed by atoms with Gasteiger partial charge >= 0.3 is 5.97 Å². The molecule has 1 aliphatic heterocycles. The van der Waals surface area contributed by atoms with Gasteiger partial charge in [0.05, 0.1) is 28.7 Å². The zero-order valence-corrected chi connectivity index (χ0v) is 27.0. The topological polar surface area (TPSA) is 140 Å². The molecule has 11 nitrogen and oxygen atoms in total. The van der Waals surface area contributed by atoms with Crippen molar-refractivity contribution in [2.75, 3.05) is 37.0 Å². The quantitative estimate of drug-likeness (QED) is 0.159. The molecule has 0 spiro atoms. The highest BCUT2D eigenvalue weighted by atomic mass is 35.5. The van der Waals surface area contributed by atoms with Gasteiger partial charge in [-0.1, -0.05) is 36.7 Å². The van der Waals surface area contributed by atoms with Gasteiger partial charge in [0.1, 0.15) is 6.54 Å². The Hall–Kier alpha value is -4.81. The summed E-state index contributed by atoms with van der Waals surface area (Å²) in [7, 11) is 0. The third kappa shape index (κ3) is 9.11. The van der Waals surface area contributed by atoms with E-state index in [1.807, 2.05) is 32.0 Å². The number of thioether (sulfide) groups is 1. The van der Waals surface area contributed by atoms with Gasteiger partial charge in [-0.25, -0.2) is 4.79 Å². The van der Waals surface area contributed by atoms with Crippen LogP contribution < -0.4 is 20.1 Å². The van der Waals surface area contributed by atoms with E-state index in [1.165, 1.54) is 24.3 Å². The summed E-state index contributed by atoms with van der Waals surface area (Å²) in [6, 6.07) is 16.6. The van der Waals surface area contributed by atoms with Gasteiger partial charge in [0, 0.05) is 11.4 Å². The van der Waals surface area contributed by atoms with Crippen molar-refractivity contribution >= 4 is 69.7 Å². The highest BCUT2D eigenvalue weighted by Crippen LogP contribution is 2.35. The van der Waals surface area contributed by atoms with E-state index >= 15 is 0 Å². The standard InChI is InChI=1S/C33H32ClN3O8S/c1-4-13-44-32(41)24-17-23(10-11-25(24)34)35-29(38)18-37-31(40)28(46-33(37)42)16-21-9-12-26(27(15-21)43-5-2)45-19-30(39)36-22-8-6-7-20(3)14-22/h6-12,14-17H,4-5,13,18-19H2,1-3H3,(H,35,38)(H,36,39)/b28-16+. The maximum Gasteiger partial charge on any atom is 0.339 e. The van der Waals surface area contributed by atoms with Gasteiger partial charge in [-0.15, -0.1) is 0 Å². The Morgan fingerprint density at radius 2 is 1.67 bits per heavy atom. The van der Waals surface area contributed by atoms with Crippen LogP contribution in [0.25, 0.3) is 6.08 Å². The number of hydrogen-bond donors (Lipinski definition) is 2. The monoisotopic (exact) mass is 665 g/mol. The van der Waals surface area contributed by atoms with Gasteiger partial charge in [0.25, 0.3) is 17.1 Å². The number of halogens is 1. The smallest absolute Gasteiger partial charge is 0.339 e. The van der Waals surface area contributed by atoms with Crippen molar-refractivity contribution in [3.63, 3.8) is 0 Å². The average Bonchev–Trinajstić information content (AvgIpc) is 3.27. The number of benzene rings is 3. The lowest BCUT2D eigenvalue weighted by molar-refractivity contribution is -0.127. The first-order valence-corrected chi connectivity index (χ1v) is 15.6. The summed E-state index contributed by atoms with van der Waals surface area (Å²) in [6.45, 7) is 5.31. The highest BCUT2D eigenvalue weighted by molar-refractivity contribution is 8.18. The van der Waals surface area contributed by atoms with Gasteiger partial charge in [0.2, 0.25) is 5.91 Å². The molecule has 4 amide bonds. The lowest BCUT2D eigenvalue weighted by atomic mass is 10.2. The molecule has 0 saturated carbocycles. The van der Waals surface area contributed by atoms with Crippen LogP contribution in [0.3, 0.4) is 0 Å². The van der Waals surface area contributed by atoms with Gasteiger partial charge in [-0.05, 0) is 91.7 Å². The lowest BCUT2D eigenvalue weighted by Gasteiger charge is -2.14. The normalized spacial score (nSPS) is 13.5. The SMILES string of the molecule is CCCOC(=O)c1cc(NC(=O)CN2C(=O)S/C(=C/c3ccc(OCC(=O)Nc4cccc(C)c4)c(OCC)c3)C2=O)ccc1Cl. The summed E-state index contributed by atoms with van der Waals surface area (Å²) in [6.07, 6.45) is 2.14. The summed E-state index contributed by atoms with van der Waals surface area (Å²) in [5, 5.41) is 4.90. The fourth-order valence-corrected chi connectivity index (χ4v) is 5.26. The number of carbonyl (C=O) groups excluding carboxylic acids is 5. The van der Waals surface area contributed by atoms with E-state index in [0.29, 0.717) is 47.5 Å². The highest BCUT2D eigenvalue weighted by Gasteiger charge is 2.36. The van der Waals surface area contributed by atoms with E-state index in [9.17, 15) is 24.0 Å². The predicted octanol–water partition coefficient (Wildman–Crippen LogP) is 6.31. The molecule has 0 bridgehead atoms. The molecule has 1 fully saturated rings. The Labute approximate surface area is 275 Å². The number of nitrogens with zero attached hydrogens (tertiary/aromatic N) is 1. The molecular weight excluding hydrogens is 634 g/mol. The van der Waals surface area contributed by atoms with Crippen LogP contribution in [0.5, 0.6) is 11.5 Å². The molecule has 4 rings (SSSR count). The van der Waals surface area contributed by atoms with E-state index in [0.717, 1.165) is 10.5 Å². The Bertz CT molecular complexity index is 1690. The molecule has 0 aliphatic carbocycles. The van der Waals surface area contributed by atoms with Crippen molar-refractivity contribution in [2.45, 2.75) is 27.2 Å². The minimum atomic E-state index is -0.648. The molecule has 0 radical (unpaired) electrons. The first-order valence-electron chi connectivity index (χ1n) is 14.4. The number of rotatable bonds is 13. The first-order chi connectivity index (χ1) is 22.1. The first kappa shape index (κ1) is 34.1. The van der Waals surface area contributed by atoms with Crippen molar-refractivity contribution in [1.82, 2.24) is 4.90 Å². The molecular formula is C33H32ClN3O8S. The Balaban J connectivity index is 1.39. The zero-order chi connectivity index (χ0) is 33.2. The maximum atomic E-state index is 13.1. The minimum absolute atomic E-state index is 0.0791. The molecule has 3 aromatic carbocycles. The molecule has 13 heteroatoms. The number of imide groups is 1. The number of carbonyl (C=O) groups is 5. The van der Waals surface area contributed by atoms with Gasteiger partial charge in [-0.3, -0.25) is 24.1 Å². The number of anilines is 2. The van der Waals surface area contributed by atoms with Crippen LogP contribution in [0.1, 0.15) is 41.8 Å². The van der Waals surface area contributed by atoms with Crippen LogP contribution in [0.2, 0.25) is 5.02 Å². The molecule has 0 atom stereocenters. The Kier molecular flexibility index (Phi) is 11.8. The van der Waals surface area contributed by atoms with Crippen LogP contribution >= 0.6 is 23.4 Å². The lowest BCUT2D eigenvalue weighted by Crippen LogP contribution is -2.36. The second kappa shape index (κ2) is 16.0. The van der Waals surface area contributed by atoms with E-state index < -0.39 is 29.6 Å².